The molecule has 0 bridgehead atoms. The van der Waals surface area contributed by atoms with Crippen molar-refractivity contribution in [2.45, 2.75) is 25.5 Å². The van der Waals surface area contributed by atoms with Crippen molar-refractivity contribution in [3.63, 3.8) is 0 Å². The van der Waals surface area contributed by atoms with Crippen LogP contribution >= 0.6 is 0 Å². The van der Waals surface area contributed by atoms with Crippen molar-refractivity contribution in [1.29, 1.82) is 0 Å². The third kappa shape index (κ3) is 5.09. The molecule has 0 spiro atoms. The summed E-state index contributed by atoms with van der Waals surface area (Å²) in [4.78, 5) is 31.4. The summed E-state index contributed by atoms with van der Waals surface area (Å²) < 4.78 is 0. The van der Waals surface area contributed by atoms with Gasteiger partial charge in [0.2, 0.25) is 5.91 Å². The Labute approximate surface area is 174 Å². The number of nitrogens with one attached hydrogen (secondary N) is 1. The monoisotopic (exact) mass is 408 g/mol. The molecule has 1 saturated heterocycles. The normalized spacial score (nSPS) is 18.3. The molecule has 0 radical (unpaired) electrons. The number of rotatable bonds is 3. The highest BCUT2D eigenvalue weighted by Crippen LogP contribution is 2.29. The summed E-state index contributed by atoms with van der Waals surface area (Å²) in [6.07, 6.45) is 0.0227. The van der Waals surface area contributed by atoms with Gasteiger partial charge in [-0.15, -0.1) is 0 Å². The summed E-state index contributed by atoms with van der Waals surface area (Å²) in [5.41, 5.74) is 1.80. The van der Waals surface area contributed by atoms with E-state index in [0.717, 1.165) is 22.3 Å². The van der Waals surface area contributed by atoms with E-state index in [2.05, 4.69) is 5.32 Å². The lowest BCUT2D eigenvalue weighted by Crippen LogP contribution is -2.52. The predicted octanol–water partition coefficient (Wildman–Crippen LogP) is 2.07. The lowest BCUT2D eigenvalue weighted by atomic mass is 10.0. The van der Waals surface area contributed by atoms with Crippen LogP contribution in [0.5, 0.6) is 0 Å². The first-order chi connectivity index (χ1) is 14.5. The van der Waals surface area contributed by atoms with E-state index >= 15 is 0 Å². The van der Waals surface area contributed by atoms with Gasteiger partial charge in [0.1, 0.15) is 5.82 Å². The van der Waals surface area contributed by atoms with Crippen LogP contribution in [0.3, 0.4) is 0 Å². The number of carbonyl (C=O) groups is 2. The lowest BCUT2D eigenvalue weighted by Gasteiger charge is -2.37. The van der Waals surface area contributed by atoms with Crippen LogP contribution in [0.4, 0.5) is 5.82 Å². The van der Waals surface area contributed by atoms with Crippen LogP contribution in [0.15, 0.2) is 54.6 Å². The number of aromatic nitrogens is 2. The average Bonchev–Trinajstić information content (AvgIpc) is 2.73. The fourth-order valence-electron chi connectivity index (χ4n) is 3.65. The Morgan fingerprint density at radius 3 is 2.47 bits per heavy atom. The zero-order valence-electron chi connectivity index (χ0n) is 16.6. The van der Waals surface area contributed by atoms with Gasteiger partial charge in [-0.3, -0.25) is 9.59 Å². The molecule has 1 amide bonds. The summed E-state index contributed by atoms with van der Waals surface area (Å²) in [7, 11) is 0. The molecule has 0 unspecified atom stereocenters. The Morgan fingerprint density at radius 2 is 1.77 bits per heavy atom. The van der Waals surface area contributed by atoms with Crippen LogP contribution in [0, 0.1) is 0 Å². The summed E-state index contributed by atoms with van der Waals surface area (Å²) in [6.45, 7) is 2.33. The summed E-state index contributed by atoms with van der Waals surface area (Å²) in [6, 6.07) is 17.6. The molecule has 3 aromatic rings. The van der Waals surface area contributed by atoms with Crippen LogP contribution in [0.1, 0.15) is 13.3 Å². The second-order valence-corrected chi connectivity index (χ2v) is 7.05. The van der Waals surface area contributed by atoms with Crippen LogP contribution in [-0.2, 0) is 9.59 Å². The molecule has 1 aromatic heterocycles. The number of hydrogen-bond acceptors (Lipinski definition) is 6. The number of carboxylic acid groups (broad SMARTS) is 1. The third-order valence-corrected chi connectivity index (χ3v) is 4.75. The Morgan fingerprint density at radius 1 is 1.10 bits per heavy atom. The summed E-state index contributed by atoms with van der Waals surface area (Å²) in [5.74, 6) is 1.35. The van der Waals surface area contributed by atoms with Gasteiger partial charge < -0.3 is 20.4 Å². The Kier molecular flexibility index (Phi) is 6.92. The molecule has 4 rings (SSSR count). The van der Waals surface area contributed by atoms with Gasteiger partial charge in [0.15, 0.2) is 5.82 Å². The molecular weight excluding hydrogens is 384 g/mol. The fourth-order valence-corrected chi connectivity index (χ4v) is 3.65. The molecule has 30 heavy (non-hydrogen) atoms. The van der Waals surface area contributed by atoms with E-state index in [-0.39, 0.29) is 18.4 Å². The predicted molar refractivity (Wildman–Crippen MR) is 114 cm³/mol. The van der Waals surface area contributed by atoms with Crippen LogP contribution in [-0.4, -0.2) is 57.8 Å². The van der Waals surface area contributed by atoms with Crippen molar-refractivity contribution in [2.75, 3.05) is 18.0 Å². The van der Waals surface area contributed by atoms with Gasteiger partial charge in [0.05, 0.1) is 11.6 Å². The number of fused-ring (bicyclic) bond motifs is 1. The molecule has 1 aliphatic heterocycles. The van der Waals surface area contributed by atoms with Gasteiger partial charge in [-0.05, 0) is 18.6 Å². The quantitative estimate of drug-likeness (QED) is 0.568. The maximum atomic E-state index is 11.5. The zero-order chi connectivity index (χ0) is 21.5. The number of piperidine rings is 1. The number of benzene rings is 2. The molecular formula is C22H24N4O4. The van der Waals surface area contributed by atoms with Crippen LogP contribution < -0.4 is 10.2 Å². The molecule has 2 heterocycles. The first kappa shape index (κ1) is 21.2. The molecule has 2 atom stereocenters. The van der Waals surface area contributed by atoms with Crippen molar-refractivity contribution >= 4 is 29.1 Å². The van der Waals surface area contributed by atoms with E-state index in [1.165, 1.54) is 6.92 Å². The van der Waals surface area contributed by atoms with Gasteiger partial charge in [0.25, 0.3) is 6.47 Å². The third-order valence-electron chi connectivity index (χ3n) is 4.75. The number of amides is 1. The van der Waals surface area contributed by atoms with E-state index in [0.29, 0.717) is 25.3 Å². The van der Waals surface area contributed by atoms with Crippen molar-refractivity contribution in [2.24, 2.45) is 0 Å². The molecule has 8 heteroatoms. The van der Waals surface area contributed by atoms with E-state index in [9.17, 15) is 9.90 Å². The molecule has 8 nitrogen and oxygen atoms in total. The number of para-hydroxylation sites is 1. The van der Waals surface area contributed by atoms with Crippen molar-refractivity contribution < 1.29 is 19.8 Å². The van der Waals surface area contributed by atoms with Gasteiger partial charge in [-0.1, -0.05) is 42.5 Å². The van der Waals surface area contributed by atoms with E-state index < -0.39 is 6.10 Å². The minimum Gasteiger partial charge on any atom is -0.483 e. The lowest BCUT2D eigenvalue weighted by molar-refractivity contribution is -0.123. The SMILES string of the molecule is CC(=O)N[C@H]1C[C@@H](O)CN(c2nc(-c3ccccc3)nc3ccccc23)C1.O=CO. The standard InChI is InChI=1S/C21H22N4O2.CH2O2/c1-14(26)22-16-11-17(27)13-25(12-16)21-18-9-5-6-10-19(18)23-20(24-21)15-7-3-2-4-8-15;2-1-3/h2-10,16-17,27H,11-13H2,1H3,(H,22,26);1H,(H,2,3)/t16-,17+;/m0./s1. The van der Waals surface area contributed by atoms with Crippen molar-refractivity contribution in [1.82, 2.24) is 15.3 Å². The highest BCUT2D eigenvalue weighted by molar-refractivity contribution is 5.91. The van der Waals surface area contributed by atoms with Crippen LogP contribution in [0.25, 0.3) is 22.3 Å². The largest absolute Gasteiger partial charge is 0.483 e. The second kappa shape index (κ2) is 9.80. The molecule has 2 aromatic carbocycles. The Hall–Kier alpha value is -3.52. The minimum absolute atomic E-state index is 0.0911. The second-order valence-electron chi connectivity index (χ2n) is 7.05. The van der Waals surface area contributed by atoms with Gasteiger partial charge in [0, 0.05) is 37.0 Å². The van der Waals surface area contributed by atoms with E-state index in [1.807, 2.05) is 59.5 Å². The highest BCUT2D eigenvalue weighted by atomic mass is 16.3. The number of nitrogens with zero attached hydrogens (tertiary/aromatic N) is 3. The minimum atomic E-state index is -0.524. The number of aliphatic hydroxyl groups is 1. The molecule has 3 N–H and O–H groups in total. The summed E-state index contributed by atoms with van der Waals surface area (Å²) in [5, 5.41) is 21.1. The number of hydrogen-bond donors (Lipinski definition) is 3. The zero-order valence-corrected chi connectivity index (χ0v) is 16.6. The topological polar surface area (TPSA) is 116 Å². The molecule has 0 aliphatic carbocycles. The first-order valence-corrected chi connectivity index (χ1v) is 9.62. The first-order valence-electron chi connectivity index (χ1n) is 9.62. The maximum absolute atomic E-state index is 11.5. The van der Waals surface area contributed by atoms with Gasteiger partial charge in [-0.25, -0.2) is 9.97 Å². The van der Waals surface area contributed by atoms with Gasteiger partial charge in [-0.2, -0.15) is 0 Å². The number of β-amino-alcohol motifs (C(OH)–C–C–N with tert-alkyl or cyclic N) is 1. The molecule has 0 saturated carbocycles. The Bertz CT molecular complexity index is 1010. The van der Waals surface area contributed by atoms with Crippen LogP contribution in [0.2, 0.25) is 0 Å². The summed E-state index contributed by atoms with van der Waals surface area (Å²) >= 11 is 0. The number of aliphatic hydroxyl groups excluding tert-OH is 1. The smallest absolute Gasteiger partial charge is 0.290 e. The maximum Gasteiger partial charge on any atom is 0.290 e. The number of carbonyl (C=O) groups excluding carboxylic acids is 1. The van der Waals surface area contributed by atoms with Crippen molar-refractivity contribution in [3.8, 4) is 11.4 Å². The van der Waals surface area contributed by atoms with E-state index in [4.69, 9.17) is 19.9 Å². The molecule has 1 fully saturated rings. The van der Waals surface area contributed by atoms with E-state index in [1.54, 1.807) is 0 Å². The van der Waals surface area contributed by atoms with Crippen molar-refractivity contribution in [3.05, 3.63) is 54.6 Å². The molecule has 1 aliphatic rings. The fraction of sp³-hybridized carbons (Fsp3) is 0.273. The molecule has 156 valence electrons. The number of anilines is 1. The van der Waals surface area contributed by atoms with Gasteiger partial charge >= 0.3 is 0 Å². The Balaban J connectivity index is 0.000000806. The highest BCUT2D eigenvalue weighted by Gasteiger charge is 2.28. The average molecular weight is 408 g/mol.